The lowest BCUT2D eigenvalue weighted by atomic mass is 10.4. The van der Waals surface area contributed by atoms with Crippen molar-refractivity contribution in [1.82, 2.24) is 19.5 Å². The average Bonchev–Trinajstić information content (AvgIpc) is 2.91. The van der Waals surface area contributed by atoms with Gasteiger partial charge in [0.05, 0.1) is 19.5 Å². The number of anilines is 1. The van der Waals surface area contributed by atoms with E-state index in [0.717, 1.165) is 0 Å². The summed E-state index contributed by atoms with van der Waals surface area (Å²) in [6.07, 6.45) is 0.479. The van der Waals surface area contributed by atoms with E-state index in [2.05, 4.69) is 20.3 Å². The molecule has 0 aromatic carbocycles. The summed E-state index contributed by atoms with van der Waals surface area (Å²) in [4.78, 5) is 33.7. The molecule has 0 saturated carbocycles. The van der Waals surface area contributed by atoms with Crippen LogP contribution in [0.4, 0.5) is 5.95 Å². The van der Waals surface area contributed by atoms with Crippen LogP contribution in [0.25, 0.3) is 11.2 Å². The Kier molecular flexibility index (Phi) is 6.01. The standard InChI is InChI=1S/C11H12Cl3N5O5/c12-11(13,14)9(23)18-10-16-7-6(8(22)17-10)15-3-19(7)4-24-5(1-20)2-21/h3,5,20-21H,1-2,4H2,(H2,16,17,18,22,23). The number of ether oxygens (including phenoxy) is 1. The van der Waals surface area contributed by atoms with Crippen LogP contribution in [0.5, 0.6) is 0 Å². The van der Waals surface area contributed by atoms with Crippen LogP contribution in [0.2, 0.25) is 0 Å². The maximum Gasteiger partial charge on any atom is 0.280 e. The second-order valence-corrected chi connectivity index (χ2v) is 6.82. The molecule has 132 valence electrons. The van der Waals surface area contributed by atoms with Gasteiger partial charge in [0, 0.05) is 0 Å². The number of aliphatic hydroxyl groups is 2. The molecule has 10 nitrogen and oxygen atoms in total. The van der Waals surface area contributed by atoms with Gasteiger partial charge >= 0.3 is 0 Å². The molecule has 2 aromatic rings. The second-order valence-electron chi connectivity index (χ2n) is 4.54. The molecular formula is C11H12Cl3N5O5. The summed E-state index contributed by atoms with van der Waals surface area (Å²) < 4.78 is 4.34. The van der Waals surface area contributed by atoms with Crippen molar-refractivity contribution in [3.8, 4) is 0 Å². The number of aromatic nitrogens is 4. The van der Waals surface area contributed by atoms with Crippen molar-refractivity contribution in [3.63, 3.8) is 0 Å². The van der Waals surface area contributed by atoms with Crippen LogP contribution < -0.4 is 10.9 Å². The maximum atomic E-state index is 12.0. The molecule has 2 heterocycles. The Morgan fingerprint density at radius 1 is 1.42 bits per heavy atom. The van der Waals surface area contributed by atoms with Gasteiger partial charge in [-0.3, -0.25) is 24.5 Å². The molecule has 1 amide bonds. The molecule has 0 saturated heterocycles. The molecule has 0 aliphatic rings. The number of halogens is 3. The lowest BCUT2D eigenvalue weighted by Crippen LogP contribution is -2.29. The number of carbonyl (C=O) groups is 1. The molecule has 0 bridgehead atoms. The minimum Gasteiger partial charge on any atom is -0.394 e. The number of carbonyl (C=O) groups excluding carboxylic acids is 1. The fourth-order valence-electron chi connectivity index (χ4n) is 1.63. The third-order valence-corrected chi connectivity index (χ3v) is 3.34. The fraction of sp³-hybridized carbons (Fsp3) is 0.455. The van der Waals surface area contributed by atoms with Crippen LogP contribution in [-0.2, 0) is 16.3 Å². The van der Waals surface area contributed by atoms with Crippen molar-refractivity contribution in [3.05, 3.63) is 16.7 Å². The van der Waals surface area contributed by atoms with Gasteiger partial charge in [-0.05, 0) is 0 Å². The van der Waals surface area contributed by atoms with Crippen molar-refractivity contribution in [1.29, 1.82) is 0 Å². The quantitative estimate of drug-likeness (QED) is 0.490. The van der Waals surface area contributed by atoms with Crippen LogP contribution in [0.15, 0.2) is 11.1 Å². The van der Waals surface area contributed by atoms with Gasteiger partial charge in [0.2, 0.25) is 5.95 Å². The summed E-state index contributed by atoms with van der Waals surface area (Å²) in [5.74, 6) is -1.25. The highest BCUT2D eigenvalue weighted by Gasteiger charge is 2.31. The normalized spacial score (nSPS) is 12.1. The van der Waals surface area contributed by atoms with Crippen molar-refractivity contribution in [2.24, 2.45) is 0 Å². The molecule has 0 fully saturated rings. The Bertz CT molecular complexity index is 782. The molecule has 0 aliphatic carbocycles. The van der Waals surface area contributed by atoms with E-state index in [4.69, 9.17) is 49.8 Å². The van der Waals surface area contributed by atoms with Crippen molar-refractivity contribution in [2.75, 3.05) is 18.5 Å². The van der Waals surface area contributed by atoms with E-state index >= 15 is 0 Å². The maximum absolute atomic E-state index is 12.0. The van der Waals surface area contributed by atoms with E-state index in [-0.39, 0.29) is 37.1 Å². The summed E-state index contributed by atoms with van der Waals surface area (Å²) in [7, 11) is 0. The Morgan fingerprint density at radius 3 is 2.67 bits per heavy atom. The molecule has 13 heteroatoms. The van der Waals surface area contributed by atoms with E-state index < -0.39 is 21.4 Å². The van der Waals surface area contributed by atoms with E-state index in [0.29, 0.717) is 0 Å². The summed E-state index contributed by atoms with van der Waals surface area (Å²) in [5, 5.41) is 20.1. The minimum absolute atomic E-state index is 0.00460. The Hall–Kier alpha value is -1.43. The zero-order chi connectivity index (χ0) is 17.9. The van der Waals surface area contributed by atoms with Crippen LogP contribution in [0, 0.1) is 0 Å². The van der Waals surface area contributed by atoms with Crippen LogP contribution >= 0.6 is 34.8 Å². The lowest BCUT2D eigenvalue weighted by Gasteiger charge is -2.13. The number of H-pyrrole nitrogens is 1. The fourth-order valence-corrected chi connectivity index (χ4v) is 1.78. The molecule has 24 heavy (non-hydrogen) atoms. The molecule has 0 atom stereocenters. The number of hydrogen-bond donors (Lipinski definition) is 4. The van der Waals surface area contributed by atoms with Crippen molar-refractivity contribution >= 4 is 57.8 Å². The Labute approximate surface area is 149 Å². The molecule has 2 rings (SSSR count). The Balaban J connectivity index is 2.29. The highest BCUT2D eigenvalue weighted by atomic mass is 35.6. The molecule has 2 aromatic heterocycles. The van der Waals surface area contributed by atoms with Crippen LogP contribution in [0.1, 0.15) is 0 Å². The molecule has 4 N–H and O–H groups in total. The first kappa shape index (κ1) is 18.9. The van der Waals surface area contributed by atoms with Gasteiger partial charge in [0.1, 0.15) is 12.8 Å². The van der Waals surface area contributed by atoms with E-state index in [1.54, 1.807) is 0 Å². The van der Waals surface area contributed by atoms with Crippen molar-refractivity contribution in [2.45, 2.75) is 16.6 Å². The first-order valence-corrected chi connectivity index (χ1v) is 7.56. The number of aromatic amines is 1. The van der Waals surface area contributed by atoms with Gasteiger partial charge < -0.3 is 14.9 Å². The number of aliphatic hydroxyl groups excluding tert-OH is 2. The number of alkyl halides is 3. The van der Waals surface area contributed by atoms with Gasteiger partial charge in [0.25, 0.3) is 15.3 Å². The third-order valence-electron chi connectivity index (χ3n) is 2.82. The minimum atomic E-state index is -2.23. The number of fused-ring (bicyclic) bond motifs is 1. The van der Waals surface area contributed by atoms with E-state index in [1.165, 1.54) is 10.9 Å². The second kappa shape index (κ2) is 7.64. The van der Waals surface area contributed by atoms with Gasteiger partial charge in [-0.15, -0.1) is 0 Å². The lowest BCUT2D eigenvalue weighted by molar-refractivity contribution is -0.115. The topological polar surface area (TPSA) is 142 Å². The first-order chi connectivity index (χ1) is 11.3. The zero-order valence-corrected chi connectivity index (χ0v) is 14.1. The Morgan fingerprint density at radius 2 is 2.08 bits per heavy atom. The van der Waals surface area contributed by atoms with Crippen LogP contribution in [-0.4, -0.2) is 58.7 Å². The highest BCUT2D eigenvalue weighted by molar-refractivity contribution is 6.76. The SMILES string of the molecule is O=C(Nc1nc2c(ncn2COC(CO)CO)c(=O)[nH]1)C(Cl)(Cl)Cl. The molecule has 0 spiro atoms. The van der Waals surface area contributed by atoms with E-state index in [1.807, 2.05) is 0 Å². The highest BCUT2D eigenvalue weighted by Crippen LogP contribution is 2.27. The predicted octanol–water partition coefficient (Wildman–Crippen LogP) is -0.244. The van der Waals surface area contributed by atoms with Crippen LogP contribution in [0.3, 0.4) is 0 Å². The number of hydrogen-bond acceptors (Lipinski definition) is 7. The van der Waals surface area contributed by atoms with Gasteiger partial charge in [-0.1, -0.05) is 34.8 Å². The zero-order valence-electron chi connectivity index (χ0n) is 11.9. The number of nitrogens with one attached hydrogen (secondary N) is 2. The summed E-state index contributed by atoms with van der Waals surface area (Å²) >= 11 is 16.3. The molecule has 0 unspecified atom stereocenters. The van der Waals surface area contributed by atoms with Crippen molar-refractivity contribution < 1.29 is 19.7 Å². The average molecular weight is 401 g/mol. The largest absolute Gasteiger partial charge is 0.394 e. The number of rotatable bonds is 6. The first-order valence-electron chi connectivity index (χ1n) is 6.43. The number of nitrogens with zero attached hydrogens (tertiary/aromatic N) is 3. The summed E-state index contributed by atoms with van der Waals surface area (Å²) in [6.45, 7) is -0.917. The van der Waals surface area contributed by atoms with E-state index in [9.17, 15) is 9.59 Å². The summed E-state index contributed by atoms with van der Waals surface area (Å²) in [5.41, 5.74) is -0.540. The molecular weight excluding hydrogens is 389 g/mol. The van der Waals surface area contributed by atoms with Gasteiger partial charge in [-0.2, -0.15) is 4.98 Å². The van der Waals surface area contributed by atoms with Gasteiger partial charge in [-0.25, -0.2) is 4.98 Å². The smallest absolute Gasteiger partial charge is 0.280 e. The molecule has 0 aliphatic heterocycles. The van der Waals surface area contributed by atoms with Gasteiger partial charge in [0.15, 0.2) is 11.2 Å². The molecule has 0 radical (unpaired) electrons. The predicted molar refractivity (Wildman–Crippen MR) is 86.1 cm³/mol. The summed E-state index contributed by atoms with van der Waals surface area (Å²) in [6, 6.07) is 0. The number of amides is 1. The third kappa shape index (κ3) is 4.35. The monoisotopic (exact) mass is 399 g/mol. The number of imidazole rings is 1.